The molecule has 4 rings (SSSR count). The number of ether oxygens (including phenoxy) is 1. The fraction of sp³-hybridized carbons (Fsp3) is 0.273. The zero-order valence-electron chi connectivity index (χ0n) is 15.3. The van der Waals surface area contributed by atoms with Crippen LogP contribution in [0.3, 0.4) is 0 Å². The van der Waals surface area contributed by atoms with Gasteiger partial charge in [0, 0.05) is 29.6 Å². The second-order valence-corrected chi connectivity index (χ2v) is 7.03. The number of para-hydroxylation sites is 1. The molecule has 6 heteroatoms. The Morgan fingerprint density at radius 2 is 1.79 bits per heavy atom. The van der Waals surface area contributed by atoms with E-state index in [-0.39, 0.29) is 11.8 Å². The first-order chi connectivity index (χ1) is 13.6. The van der Waals surface area contributed by atoms with Crippen LogP contribution in [0.25, 0.3) is 10.9 Å². The number of aromatic amines is 1. The molecule has 1 saturated heterocycles. The minimum atomic E-state index is -1.02. The standard InChI is InChI=1S/C22H22N2O4/c25-21(19-10-11-20(28-19)22(26)27)24-12-16(14-6-2-1-3-7-14)17-13-23-18-9-5-4-8-15(17)18/h1-9,13,16,19-20,23H,10-12H2,(H,24,25)(H,26,27)/t16?,19-,20+/m0/s1. The molecule has 1 aromatic heterocycles. The predicted molar refractivity (Wildman–Crippen MR) is 105 cm³/mol. The summed E-state index contributed by atoms with van der Waals surface area (Å²) in [6, 6.07) is 18.1. The molecule has 1 unspecified atom stereocenters. The van der Waals surface area contributed by atoms with Gasteiger partial charge >= 0.3 is 5.97 Å². The molecule has 2 aromatic carbocycles. The van der Waals surface area contributed by atoms with Crippen LogP contribution in [-0.4, -0.2) is 40.7 Å². The number of carbonyl (C=O) groups excluding carboxylic acids is 1. The molecule has 144 valence electrons. The van der Waals surface area contributed by atoms with Gasteiger partial charge in [-0.25, -0.2) is 4.79 Å². The van der Waals surface area contributed by atoms with Gasteiger partial charge in [0.25, 0.3) is 0 Å². The van der Waals surface area contributed by atoms with Crippen LogP contribution in [0.1, 0.15) is 29.9 Å². The van der Waals surface area contributed by atoms with Gasteiger partial charge in [0.2, 0.25) is 5.91 Å². The van der Waals surface area contributed by atoms with E-state index in [1.54, 1.807) is 0 Å². The normalized spacial score (nSPS) is 20.1. The fourth-order valence-corrected chi connectivity index (χ4v) is 3.80. The van der Waals surface area contributed by atoms with E-state index in [1.165, 1.54) is 0 Å². The molecule has 0 aliphatic carbocycles. The van der Waals surface area contributed by atoms with E-state index in [1.807, 2.05) is 54.7 Å². The van der Waals surface area contributed by atoms with E-state index in [4.69, 9.17) is 9.84 Å². The molecule has 0 radical (unpaired) electrons. The summed E-state index contributed by atoms with van der Waals surface area (Å²) in [5.41, 5.74) is 3.26. The highest BCUT2D eigenvalue weighted by atomic mass is 16.5. The number of hydrogen-bond donors (Lipinski definition) is 3. The predicted octanol–water partition coefficient (Wildman–Crippen LogP) is 3.05. The third kappa shape index (κ3) is 3.64. The zero-order chi connectivity index (χ0) is 19.5. The number of benzene rings is 2. The largest absolute Gasteiger partial charge is 0.479 e. The quantitative estimate of drug-likeness (QED) is 0.615. The molecule has 1 aliphatic rings. The smallest absolute Gasteiger partial charge is 0.332 e. The first kappa shape index (κ1) is 18.3. The van der Waals surface area contributed by atoms with Crippen molar-refractivity contribution >= 4 is 22.8 Å². The number of H-pyrrole nitrogens is 1. The lowest BCUT2D eigenvalue weighted by Crippen LogP contribution is -2.38. The molecule has 0 spiro atoms. The number of aromatic nitrogens is 1. The highest BCUT2D eigenvalue weighted by molar-refractivity contribution is 5.85. The molecule has 3 N–H and O–H groups in total. The third-order valence-corrected chi connectivity index (χ3v) is 5.27. The maximum atomic E-state index is 12.5. The van der Waals surface area contributed by atoms with Crippen molar-refractivity contribution < 1.29 is 19.4 Å². The second-order valence-electron chi connectivity index (χ2n) is 7.03. The van der Waals surface area contributed by atoms with E-state index < -0.39 is 18.2 Å². The van der Waals surface area contributed by atoms with E-state index in [0.717, 1.165) is 22.0 Å². The minimum absolute atomic E-state index is 0.0297. The average Bonchev–Trinajstić information content (AvgIpc) is 3.37. The maximum Gasteiger partial charge on any atom is 0.332 e. The van der Waals surface area contributed by atoms with Crippen LogP contribution in [0.5, 0.6) is 0 Å². The number of carboxylic acids is 1. The van der Waals surface area contributed by atoms with Gasteiger partial charge in [-0.05, 0) is 30.0 Å². The Balaban J connectivity index is 1.54. The topological polar surface area (TPSA) is 91.4 Å². The fourth-order valence-electron chi connectivity index (χ4n) is 3.80. The number of fused-ring (bicyclic) bond motifs is 1. The van der Waals surface area contributed by atoms with Crippen molar-refractivity contribution in [2.75, 3.05) is 6.54 Å². The molecule has 0 bridgehead atoms. The summed E-state index contributed by atoms with van der Waals surface area (Å²) in [4.78, 5) is 26.9. The Bertz CT molecular complexity index is 982. The number of carboxylic acid groups (broad SMARTS) is 1. The monoisotopic (exact) mass is 378 g/mol. The first-order valence-corrected chi connectivity index (χ1v) is 9.40. The summed E-state index contributed by atoms with van der Waals surface area (Å²) in [6.45, 7) is 0.405. The van der Waals surface area contributed by atoms with E-state index in [2.05, 4.69) is 16.4 Å². The van der Waals surface area contributed by atoms with Crippen LogP contribution >= 0.6 is 0 Å². The van der Waals surface area contributed by atoms with Crippen molar-refractivity contribution in [2.24, 2.45) is 0 Å². The van der Waals surface area contributed by atoms with E-state index in [9.17, 15) is 9.59 Å². The molecule has 2 heterocycles. The summed E-state index contributed by atoms with van der Waals surface area (Å²) in [7, 11) is 0. The minimum Gasteiger partial charge on any atom is -0.479 e. The molecule has 3 atom stereocenters. The van der Waals surface area contributed by atoms with E-state index >= 15 is 0 Å². The summed E-state index contributed by atoms with van der Waals surface area (Å²) >= 11 is 0. The van der Waals surface area contributed by atoms with Crippen LogP contribution in [0.15, 0.2) is 60.8 Å². The molecule has 1 aliphatic heterocycles. The highest BCUT2D eigenvalue weighted by Crippen LogP contribution is 2.30. The molecule has 1 amide bonds. The van der Waals surface area contributed by atoms with Crippen molar-refractivity contribution in [3.63, 3.8) is 0 Å². The third-order valence-electron chi connectivity index (χ3n) is 5.27. The van der Waals surface area contributed by atoms with Crippen molar-refractivity contribution in [3.05, 3.63) is 71.9 Å². The van der Waals surface area contributed by atoms with Crippen LogP contribution in [0.4, 0.5) is 0 Å². The van der Waals surface area contributed by atoms with Gasteiger partial charge in [-0.2, -0.15) is 0 Å². The van der Waals surface area contributed by atoms with Crippen molar-refractivity contribution in [1.29, 1.82) is 0 Å². The van der Waals surface area contributed by atoms with Crippen LogP contribution < -0.4 is 5.32 Å². The SMILES string of the molecule is O=C(NCC(c1ccccc1)c1c[nH]c2ccccc12)[C@@H]1CC[C@H](C(=O)O)O1. The van der Waals surface area contributed by atoms with Crippen LogP contribution in [-0.2, 0) is 14.3 Å². The lowest BCUT2D eigenvalue weighted by Gasteiger charge is -2.19. The Morgan fingerprint density at radius 1 is 1.07 bits per heavy atom. The Morgan fingerprint density at radius 3 is 2.54 bits per heavy atom. The van der Waals surface area contributed by atoms with Gasteiger partial charge in [-0.15, -0.1) is 0 Å². The molecule has 1 fully saturated rings. The summed E-state index contributed by atoms with van der Waals surface area (Å²) < 4.78 is 5.37. The van der Waals surface area contributed by atoms with Gasteiger partial charge in [0.05, 0.1) is 0 Å². The lowest BCUT2D eigenvalue weighted by molar-refractivity contribution is -0.151. The zero-order valence-corrected chi connectivity index (χ0v) is 15.3. The van der Waals surface area contributed by atoms with E-state index in [0.29, 0.717) is 19.4 Å². The molecular weight excluding hydrogens is 356 g/mol. The summed E-state index contributed by atoms with van der Waals surface area (Å²) in [5, 5.41) is 13.1. The average molecular weight is 378 g/mol. The van der Waals surface area contributed by atoms with Crippen LogP contribution in [0.2, 0.25) is 0 Å². The van der Waals surface area contributed by atoms with Crippen molar-refractivity contribution in [3.8, 4) is 0 Å². The Hall–Kier alpha value is -3.12. The summed E-state index contributed by atoms with van der Waals surface area (Å²) in [6.07, 6.45) is 1.17. The van der Waals surface area contributed by atoms with Gasteiger partial charge in [0.15, 0.2) is 6.10 Å². The number of amides is 1. The van der Waals surface area contributed by atoms with Crippen molar-refractivity contribution in [2.45, 2.75) is 31.0 Å². The lowest BCUT2D eigenvalue weighted by atomic mass is 9.91. The molecule has 28 heavy (non-hydrogen) atoms. The maximum absolute atomic E-state index is 12.5. The van der Waals surface area contributed by atoms with Gasteiger partial charge in [-0.3, -0.25) is 4.79 Å². The highest BCUT2D eigenvalue weighted by Gasteiger charge is 2.35. The van der Waals surface area contributed by atoms with Crippen LogP contribution in [0, 0.1) is 0 Å². The molecule has 6 nitrogen and oxygen atoms in total. The molecule has 3 aromatic rings. The Labute approximate surface area is 162 Å². The molecular formula is C22H22N2O4. The number of rotatable bonds is 6. The molecule has 0 saturated carbocycles. The number of carbonyl (C=O) groups is 2. The van der Waals surface area contributed by atoms with Gasteiger partial charge in [-0.1, -0.05) is 48.5 Å². The Kier molecular flexibility index (Phi) is 5.12. The number of hydrogen-bond acceptors (Lipinski definition) is 3. The number of nitrogens with one attached hydrogen (secondary N) is 2. The van der Waals surface area contributed by atoms with Crippen molar-refractivity contribution in [1.82, 2.24) is 10.3 Å². The summed E-state index contributed by atoms with van der Waals surface area (Å²) in [5.74, 6) is -1.31. The second kappa shape index (κ2) is 7.86. The van der Waals surface area contributed by atoms with Gasteiger partial charge < -0.3 is 20.1 Å². The van der Waals surface area contributed by atoms with Gasteiger partial charge in [0.1, 0.15) is 6.10 Å². The first-order valence-electron chi connectivity index (χ1n) is 9.40. The number of aliphatic carboxylic acids is 1.